The largest absolute Gasteiger partial charge is 0.325 e. The number of carbonyl (C=O) groups is 4. The molecular formula is C18H22N4O4. The van der Waals surface area contributed by atoms with Crippen molar-refractivity contribution < 1.29 is 19.2 Å². The molecule has 8 nitrogen and oxygen atoms in total. The highest BCUT2D eigenvalue weighted by atomic mass is 16.2. The minimum absolute atomic E-state index is 0.150. The van der Waals surface area contributed by atoms with Gasteiger partial charge in [-0.05, 0) is 31.4 Å². The van der Waals surface area contributed by atoms with E-state index in [2.05, 4.69) is 10.6 Å². The van der Waals surface area contributed by atoms with Crippen LogP contribution in [0.4, 0.5) is 16.2 Å². The molecule has 0 unspecified atom stereocenters. The Balaban J connectivity index is 1.79. The average Bonchev–Trinajstić information content (AvgIpc) is 2.76. The molecule has 0 aliphatic carbocycles. The molecule has 8 heteroatoms. The summed E-state index contributed by atoms with van der Waals surface area (Å²) in [5.74, 6) is -1.01. The SMILES string of the molecule is CC(C)C[C@]1(C)NC(=O)N(CC(=O)N2CC(=O)Nc3ccccc32)C1=O. The number of anilines is 2. The predicted molar refractivity (Wildman–Crippen MR) is 95.5 cm³/mol. The first-order valence-corrected chi connectivity index (χ1v) is 8.54. The Morgan fingerprint density at radius 3 is 2.62 bits per heavy atom. The molecule has 3 rings (SSSR count). The summed E-state index contributed by atoms with van der Waals surface area (Å²) >= 11 is 0. The molecular weight excluding hydrogens is 336 g/mol. The predicted octanol–water partition coefficient (Wildman–Crippen LogP) is 1.33. The fourth-order valence-corrected chi connectivity index (χ4v) is 3.52. The van der Waals surface area contributed by atoms with Crippen molar-refractivity contribution >= 4 is 35.1 Å². The van der Waals surface area contributed by atoms with Gasteiger partial charge in [0, 0.05) is 0 Å². The van der Waals surface area contributed by atoms with Crippen LogP contribution in [0, 0.1) is 5.92 Å². The van der Waals surface area contributed by atoms with Crippen molar-refractivity contribution in [3.05, 3.63) is 24.3 Å². The molecule has 5 amide bonds. The number of imide groups is 1. The van der Waals surface area contributed by atoms with Gasteiger partial charge in [0.15, 0.2) is 0 Å². The summed E-state index contributed by atoms with van der Waals surface area (Å²) in [6, 6.07) is 6.33. The fraction of sp³-hybridized carbons (Fsp3) is 0.444. The molecule has 138 valence electrons. The van der Waals surface area contributed by atoms with Gasteiger partial charge in [-0.3, -0.25) is 24.2 Å². The third kappa shape index (κ3) is 3.14. The second kappa shape index (κ2) is 6.44. The van der Waals surface area contributed by atoms with Gasteiger partial charge in [-0.2, -0.15) is 0 Å². The molecule has 1 aromatic carbocycles. The van der Waals surface area contributed by atoms with E-state index in [9.17, 15) is 19.2 Å². The number of nitrogens with one attached hydrogen (secondary N) is 2. The van der Waals surface area contributed by atoms with Crippen LogP contribution in [-0.4, -0.2) is 47.3 Å². The zero-order chi connectivity index (χ0) is 19.1. The van der Waals surface area contributed by atoms with Crippen LogP contribution in [0.25, 0.3) is 0 Å². The van der Waals surface area contributed by atoms with Crippen molar-refractivity contribution in [2.75, 3.05) is 23.3 Å². The molecule has 0 aromatic heterocycles. The smallest absolute Gasteiger partial charge is 0.323 e. The minimum atomic E-state index is -1.01. The second-order valence-electron chi connectivity index (χ2n) is 7.30. The van der Waals surface area contributed by atoms with E-state index in [0.717, 1.165) is 4.90 Å². The van der Waals surface area contributed by atoms with Crippen molar-refractivity contribution in [2.45, 2.75) is 32.7 Å². The molecule has 1 aromatic rings. The Labute approximate surface area is 151 Å². The molecule has 2 heterocycles. The first-order valence-electron chi connectivity index (χ1n) is 8.54. The number of hydrogen-bond acceptors (Lipinski definition) is 4. The summed E-state index contributed by atoms with van der Waals surface area (Å²) in [4.78, 5) is 51.8. The lowest BCUT2D eigenvalue weighted by Crippen LogP contribution is -2.49. The number of urea groups is 1. The molecule has 1 saturated heterocycles. The number of fused-ring (bicyclic) bond motifs is 1. The van der Waals surface area contributed by atoms with E-state index in [1.807, 2.05) is 13.8 Å². The molecule has 0 saturated carbocycles. The molecule has 1 atom stereocenters. The number of hydrogen-bond donors (Lipinski definition) is 2. The lowest BCUT2D eigenvalue weighted by atomic mass is 9.91. The molecule has 2 N–H and O–H groups in total. The fourth-order valence-electron chi connectivity index (χ4n) is 3.52. The van der Waals surface area contributed by atoms with Gasteiger partial charge in [-0.25, -0.2) is 4.79 Å². The summed E-state index contributed by atoms with van der Waals surface area (Å²) in [6.07, 6.45) is 0.483. The maximum atomic E-state index is 12.8. The van der Waals surface area contributed by atoms with Crippen LogP contribution in [0.15, 0.2) is 24.3 Å². The maximum absolute atomic E-state index is 12.8. The van der Waals surface area contributed by atoms with Crippen molar-refractivity contribution in [2.24, 2.45) is 5.92 Å². The lowest BCUT2D eigenvalue weighted by Gasteiger charge is -2.30. The van der Waals surface area contributed by atoms with Crippen LogP contribution >= 0.6 is 0 Å². The van der Waals surface area contributed by atoms with Crippen LogP contribution in [0.1, 0.15) is 27.2 Å². The number of amides is 5. The van der Waals surface area contributed by atoms with Gasteiger partial charge in [0.1, 0.15) is 18.6 Å². The van der Waals surface area contributed by atoms with Gasteiger partial charge in [0.05, 0.1) is 11.4 Å². The van der Waals surface area contributed by atoms with E-state index in [1.54, 1.807) is 31.2 Å². The summed E-state index contributed by atoms with van der Waals surface area (Å²) in [5, 5.41) is 5.38. The van der Waals surface area contributed by atoms with E-state index in [4.69, 9.17) is 0 Å². The first kappa shape index (κ1) is 17.9. The highest BCUT2D eigenvalue weighted by Gasteiger charge is 2.48. The first-order chi connectivity index (χ1) is 12.2. The van der Waals surface area contributed by atoms with Crippen LogP contribution < -0.4 is 15.5 Å². The standard InChI is InChI=1S/C18H22N4O4/c1-11(2)8-18(3)16(25)22(17(26)20-18)10-15(24)21-9-14(23)19-12-6-4-5-7-13(12)21/h4-7,11H,8-10H2,1-3H3,(H,19,23)(H,20,26)/t18-/m0/s1. The summed E-state index contributed by atoms with van der Waals surface area (Å²) in [5.41, 5.74) is 0.0657. The van der Waals surface area contributed by atoms with Crippen LogP contribution in [-0.2, 0) is 14.4 Å². The summed E-state index contributed by atoms with van der Waals surface area (Å²) < 4.78 is 0. The van der Waals surface area contributed by atoms with E-state index >= 15 is 0 Å². The Morgan fingerprint density at radius 2 is 1.92 bits per heavy atom. The number of para-hydroxylation sites is 2. The molecule has 2 aliphatic rings. The normalized spacial score (nSPS) is 22.4. The van der Waals surface area contributed by atoms with Gasteiger partial charge < -0.3 is 10.6 Å². The maximum Gasteiger partial charge on any atom is 0.325 e. The van der Waals surface area contributed by atoms with Gasteiger partial charge in [0.2, 0.25) is 11.8 Å². The topological polar surface area (TPSA) is 98.8 Å². The third-order valence-electron chi connectivity index (χ3n) is 4.53. The molecule has 0 spiro atoms. The van der Waals surface area contributed by atoms with Gasteiger partial charge in [0.25, 0.3) is 5.91 Å². The number of nitrogens with zero attached hydrogens (tertiary/aromatic N) is 2. The van der Waals surface area contributed by atoms with Crippen LogP contribution in [0.5, 0.6) is 0 Å². The second-order valence-corrected chi connectivity index (χ2v) is 7.30. The van der Waals surface area contributed by atoms with E-state index < -0.39 is 29.9 Å². The Hall–Kier alpha value is -2.90. The third-order valence-corrected chi connectivity index (χ3v) is 4.53. The van der Waals surface area contributed by atoms with E-state index in [-0.39, 0.29) is 18.4 Å². The number of rotatable bonds is 4. The minimum Gasteiger partial charge on any atom is -0.323 e. The molecule has 0 radical (unpaired) electrons. The van der Waals surface area contributed by atoms with Gasteiger partial charge >= 0.3 is 6.03 Å². The average molecular weight is 358 g/mol. The van der Waals surface area contributed by atoms with Crippen molar-refractivity contribution in [1.29, 1.82) is 0 Å². The lowest BCUT2D eigenvalue weighted by molar-refractivity contribution is -0.134. The monoisotopic (exact) mass is 358 g/mol. The number of benzene rings is 1. The highest BCUT2D eigenvalue weighted by Crippen LogP contribution is 2.30. The zero-order valence-electron chi connectivity index (χ0n) is 15.0. The summed E-state index contributed by atoms with van der Waals surface area (Å²) in [6.45, 7) is 5.04. The van der Waals surface area contributed by atoms with Crippen molar-refractivity contribution in [3.63, 3.8) is 0 Å². The van der Waals surface area contributed by atoms with Crippen LogP contribution in [0.3, 0.4) is 0 Å². The number of carbonyl (C=O) groups excluding carboxylic acids is 4. The molecule has 2 aliphatic heterocycles. The Kier molecular flexibility index (Phi) is 4.43. The molecule has 0 bridgehead atoms. The van der Waals surface area contributed by atoms with Gasteiger partial charge in [-0.1, -0.05) is 26.0 Å². The molecule has 1 fully saturated rings. The zero-order valence-corrected chi connectivity index (χ0v) is 15.0. The van der Waals surface area contributed by atoms with E-state index in [0.29, 0.717) is 17.8 Å². The Bertz CT molecular complexity index is 791. The Morgan fingerprint density at radius 1 is 1.23 bits per heavy atom. The quantitative estimate of drug-likeness (QED) is 0.793. The van der Waals surface area contributed by atoms with Gasteiger partial charge in [-0.15, -0.1) is 0 Å². The summed E-state index contributed by atoms with van der Waals surface area (Å²) in [7, 11) is 0. The van der Waals surface area contributed by atoms with E-state index in [1.165, 1.54) is 4.90 Å². The van der Waals surface area contributed by atoms with Crippen LogP contribution in [0.2, 0.25) is 0 Å². The molecule has 26 heavy (non-hydrogen) atoms. The van der Waals surface area contributed by atoms with Crippen molar-refractivity contribution in [3.8, 4) is 0 Å². The highest BCUT2D eigenvalue weighted by molar-refractivity contribution is 6.14. The van der Waals surface area contributed by atoms with Crippen molar-refractivity contribution in [1.82, 2.24) is 10.2 Å².